The molecule has 0 unspecified atom stereocenters. The summed E-state index contributed by atoms with van der Waals surface area (Å²) in [6, 6.07) is 37.3. The van der Waals surface area contributed by atoms with Gasteiger partial charge in [-0.15, -0.1) is 0 Å². The predicted molar refractivity (Wildman–Crippen MR) is 153 cm³/mol. The molecule has 4 aromatic carbocycles. The SMILES string of the molecule is Cc1ccc([C@H]2C([C@@H](/C=C(\Br)c3ccccc3)c3ccc(C)cc3)=C(Br)c3ccccc32)cc1. The summed E-state index contributed by atoms with van der Waals surface area (Å²) >= 11 is 7.96. The zero-order valence-corrected chi connectivity index (χ0v) is 22.5. The molecule has 0 heterocycles. The lowest BCUT2D eigenvalue weighted by atomic mass is 9.79. The fourth-order valence-corrected chi connectivity index (χ4v) is 6.18. The van der Waals surface area contributed by atoms with Crippen LogP contribution in [0.5, 0.6) is 0 Å². The number of hydrogen-bond acceptors (Lipinski definition) is 0. The van der Waals surface area contributed by atoms with Crippen molar-refractivity contribution in [1.82, 2.24) is 0 Å². The fourth-order valence-electron chi connectivity index (χ4n) is 4.81. The Labute approximate surface area is 219 Å². The topological polar surface area (TPSA) is 0 Å². The summed E-state index contributed by atoms with van der Waals surface area (Å²) in [6.45, 7) is 4.29. The second kappa shape index (κ2) is 9.90. The standard InChI is InChI=1S/C32H26Br2/c1-21-12-16-23(17-13-21)28(20-29(33)24-8-4-3-5-9-24)31-30(25-18-14-22(2)15-19-25)26-10-6-7-11-27(26)32(31)34/h3-20,28,30H,1-2H3/b29-20-/t28-,30+/m0/s1. The van der Waals surface area contributed by atoms with Crippen LogP contribution in [0, 0.1) is 13.8 Å². The molecule has 5 rings (SSSR count). The van der Waals surface area contributed by atoms with Crippen molar-refractivity contribution < 1.29 is 0 Å². The Balaban J connectivity index is 1.72. The van der Waals surface area contributed by atoms with Crippen molar-refractivity contribution in [2.24, 2.45) is 0 Å². The van der Waals surface area contributed by atoms with Crippen molar-refractivity contribution >= 4 is 40.8 Å². The molecule has 0 fully saturated rings. The average molecular weight is 570 g/mol. The number of aryl methyl sites for hydroxylation is 2. The summed E-state index contributed by atoms with van der Waals surface area (Å²) in [5, 5.41) is 0. The molecular formula is C32H26Br2. The number of allylic oxidation sites excluding steroid dienone is 2. The van der Waals surface area contributed by atoms with Crippen molar-refractivity contribution in [3.8, 4) is 0 Å². The lowest BCUT2D eigenvalue weighted by molar-refractivity contribution is 0.862. The van der Waals surface area contributed by atoms with Gasteiger partial charge in [-0.25, -0.2) is 0 Å². The summed E-state index contributed by atoms with van der Waals surface area (Å²) in [7, 11) is 0. The molecule has 1 aliphatic carbocycles. The van der Waals surface area contributed by atoms with Crippen molar-refractivity contribution in [3.05, 3.63) is 154 Å². The molecule has 0 nitrogen and oxygen atoms in total. The van der Waals surface area contributed by atoms with Gasteiger partial charge in [-0.3, -0.25) is 0 Å². The lowest BCUT2D eigenvalue weighted by Crippen LogP contribution is -2.09. The molecule has 1 aliphatic rings. The first-order chi connectivity index (χ1) is 16.5. The highest BCUT2D eigenvalue weighted by atomic mass is 79.9. The van der Waals surface area contributed by atoms with Gasteiger partial charge in [0.1, 0.15) is 0 Å². The third-order valence-electron chi connectivity index (χ3n) is 6.62. The molecule has 0 saturated carbocycles. The molecule has 0 radical (unpaired) electrons. The molecule has 0 saturated heterocycles. The van der Waals surface area contributed by atoms with Crippen molar-refractivity contribution in [2.75, 3.05) is 0 Å². The largest absolute Gasteiger partial charge is 0.0622 e. The van der Waals surface area contributed by atoms with Crippen LogP contribution >= 0.6 is 31.9 Å². The van der Waals surface area contributed by atoms with E-state index in [1.54, 1.807) is 0 Å². The molecule has 4 aromatic rings. The Kier molecular flexibility index (Phi) is 6.72. The third-order valence-corrected chi connectivity index (χ3v) is 8.22. The molecule has 0 aromatic heterocycles. The Bertz CT molecular complexity index is 1360. The molecule has 168 valence electrons. The molecule has 34 heavy (non-hydrogen) atoms. The zero-order chi connectivity index (χ0) is 23.7. The van der Waals surface area contributed by atoms with Crippen LogP contribution < -0.4 is 0 Å². The van der Waals surface area contributed by atoms with Gasteiger partial charge in [0.2, 0.25) is 0 Å². The minimum Gasteiger partial charge on any atom is -0.0622 e. The van der Waals surface area contributed by atoms with Crippen LogP contribution in [-0.4, -0.2) is 0 Å². The summed E-state index contributed by atoms with van der Waals surface area (Å²) < 4.78 is 2.30. The monoisotopic (exact) mass is 568 g/mol. The number of benzene rings is 4. The maximum Gasteiger partial charge on any atom is 0.0328 e. The molecule has 0 spiro atoms. The van der Waals surface area contributed by atoms with Crippen LogP contribution in [0.2, 0.25) is 0 Å². The van der Waals surface area contributed by atoms with Gasteiger partial charge in [0, 0.05) is 20.8 Å². The van der Waals surface area contributed by atoms with Crippen LogP contribution in [0.3, 0.4) is 0 Å². The smallest absolute Gasteiger partial charge is 0.0328 e. The number of hydrogen-bond donors (Lipinski definition) is 0. The third kappa shape index (κ3) is 4.50. The lowest BCUT2D eigenvalue weighted by Gasteiger charge is -2.25. The van der Waals surface area contributed by atoms with Crippen LogP contribution in [0.4, 0.5) is 0 Å². The van der Waals surface area contributed by atoms with E-state index in [1.165, 1.54) is 49.0 Å². The molecule has 0 N–H and O–H groups in total. The number of rotatable bonds is 5. The Morgan fingerprint density at radius 1 is 0.735 bits per heavy atom. The van der Waals surface area contributed by atoms with Crippen molar-refractivity contribution in [3.63, 3.8) is 0 Å². The summed E-state index contributed by atoms with van der Waals surface area (Å²) in [5.74, 6) is 0.285. The van der Waals surface area contributed by atoms with E-state index >= 15 is 0 Å². The van der Waals surface area contributed by atoms with Crippen LogP contribution in [-0.2, 0) is 0 Å². The Morgan fingerprint density at radius 2 is 1.32 bits per heavy atom. The van der Waals surface area contributed by atoms with E-state index in [4.69, 9.17) is 0 Å². The van der Waals surface area contributed by atoms with E-state index in [0.29, 0.717) is 0 Å². The van der Waals surface area contributed by atoms with Crippen LogP contribution in [0.1, 0.15) is 50.8 Å². The molecule has 2 atom stereocenters. The van der Waals surface area contributed by atoms with E-state index in [9.17, 15) is 0 Å². The average Bonchev–Trinajstić information content (AvgIpc) is 3.16. The zero-order valence-electron chi connectivity index (χ0n) is 19.3. The molecular weight excluding hydrogens is 544 g/mol. The van der Waals surface area contributed by atoms with E-state index in [1.807, 2.05) is 0 Å². The number of halogens is 2. The van der Waals surface area contributed by atoms with Crippen molar-refractivity contribution in [1.29, 1.82) is 0 Å². The van der Waals surface area contributed by atoms with Gasteiger partial charge in [0.15, 0.2) is 0 Å². The number of fused-ring (bicyclic) bond motifs is 1. The van der Waals surface area contributed by atoms with E-state index in [-0.39, 0.29) is 11.8 Å². The summed E-state index contributed by atoms with van der Waals surface area (Å²) in [4.78, 5) is 0. The van der Waals surface area contributed by atoms with Crippen molar-refractivity contribution in [2.45, 2.75) is 25.7 Å². The van der Waals surface area contributed by atoms with Gasteiger partial charge in [-0.1, -0.05) is 152 Å². The first-order valence-electron chi connectivity index (χ1n) is 11.6. The highest BCUT2D eigenvalue weighted by Crippen LogP contribution is 2.54. The Morgan fingerprint density at radius 3 is 2.00 bits per heavy atom. The minimum atomic E-state index is 0.100. The van der Waals surface area contributed by atoms with Crippen LogP contribution in [0.15, 0.2) is 115 Å². The van der Waals surface area contributed by atoms with Gasteiger partial charge in [0.25, 0.3) is 0 Å². The van der Waals surface area contributed by atoms with Gasteiger partial charge in [-0.2, -0.15) is 0 Å². The van der Waals surface area contributed by atoms with Crippen LogP contribution in [0.25, 0.3) is 8.96 Å². The quantitative estimate of drug-likeness (QED) is 0.224. The highest BCUT2D eigenvalue weighted by molar-refractivity contribution is 9.15. The molecule has 0 bridgehead atoms. The first-order valence-corrected chi connectivity index (χ1v) is 13.2. The normalized spacial score (nSPS) is 16.5. The van der Waals surface area contributed by atoms with E-state index in [0.717, 1.165) is 4.48 Å². The molecule has 0 aliphatic heterocycles. The van der Waals surface area contributed by atoms with E-state index in [2.05, 4.69) is 155 Å². The molecule has 0 amide bonds. The van der Waals surface area contributed by atoms with Gasteiger partial charge >= 0.3 is 0 Å². The Hall–Kier alpha value is -2.68. The maximum atomic E-state index is 4.05. The predicted octanol–water partition coefficient (Wildman–Crippen LogP) is 9.77. The summed E-state index contributed by atoms with van der Waals surface area (Å²) in [5.41, 5.74) is 10.4. The van der Waals surface area contributed by atoms with Gasteiger partial charge in [0.05, 0.1) is 0 Å². The second-order valence-electron chi connectivity index (χ2n) is 8.97. The molecule has 2 heteroatoms. The maximum absolute atomic E-state index is 4.05. The summed E-state index contributed by atoms with van der Waals surface area (Å²) in [6.07, 6.45) is 2.36. The van der Waals surface area contributed by atoms with Gasteiger partial charge in [-0.05, 0) is 47.2 Å². The highest BCUT2D eigenvalue weighted by Gasteiger charge is 2.35. The fraction of sp³-hybridized carbons (Fsp3) is 0.125. The van der Waals surface area contributed by atoms with Gasteiger partial charge < -0.3 is 0 Å². The first kappa shape index (κ1) is 23.1. The minimum absolute atomic E-state index is 0.100. The second-order valence-corrected chi connectivity index (χ2v) is 10.6. The van der Waals surface area contributed by atoms with E-state index < -0.39 is 0 Å².